The second kappa shape index (κ2) is 8.04. The number of anilines is 1. The van der Waals surface area contributed by atoms with Gasteiger partial charge in [0.25, 0.3) is 11.5 Å². The van der Waals surface area contributed by atoms with Crippen molar-refractivity contribution in [3.63, 3.8) is 0 Å². The summed E-state index contributed by atoms with van der Waals surface area (Å²) in [5.41, 5.74) is 1.46. The van der Waals surface area contributed by atoms with Gasteiger partial charge < -0.3 is 10.1 Å². The molecule has 2 N–H and O–H groups in total. The van der Waals surface area contributed by atoms with Crippen LogP contribution in [0.1, 0.15) is 17.0 Å². The number of ether oxygens (including phenoxy) is 1. The van der Waals surface area contributed by atoms with Gasteiger partial charge in [0.2, 0.25) is 5.95 Å². The summed E-state index contributed by atoms with van der Waals surface area (Å²) in [7, 11) is 0. The Bertz CT molecular complexity index is 1110. The number of halogens is 2. The molecule has 0 aliphatic heterocycles. The molecule has 0 aliphatic carbocycles. The molecular formula is C18H17Cl2N5O3. The lowest BCUT2D eigenvalue weighted by Gasteiger charge is -2.11. The zero-order valence-electron chi connectivity index (χ0n) is 15.3. The average Bonchev–Trinajstić information content (AvgIpc) is 2.98. The van der Waals surface area contributed by atoms with Crippen LogP contribution in [0, 0.1) is 20.8 Å². The van der Waals surface area contributed by atoms with E-state index >= 15 is 0 Å². The molecule has 3 rings (SSSR count). The maximum atomic E-state index is 12.3. The second-order valence-electron chi connectivity index (χ2n) is 6.09. The minimum atomic E-state index is -0.432. The Morgan fingerprint density at radius 1 is 1.25 bits per heavy atom. The Kier molecular flexibility index (Phi) is 5.71. The standard InChI is InChI=1S/C18H17Cl2N5O3/c1-9-6-15(25(24-9)18-21-11(3)10(2)17(27)23-18)22-16(26)8-28-14-5-4-12(19)7-13(14)20/h4-7H,8H2,1-3H3,(H,22,26)(H,21,23,27). The molecule has 0 fully saturated rings. The van der Waals surface area contributed by atoms with Gasteiger partial charge in [-0.25, -0.2) is 4.98 Å². The molecule has 1 aromatic carbocycles. The lowest BCUT2D eigenvalue weighted by molar-refractivity contribution is -0.118. The van der Waals surface area contributed by atoms with Crippen molar-refractivity contribution >= 4 is 34.9 Å². The van der Waals surface area contributed by atoms with Gasteiger partial charge in [-0.15, -0.1) is 0 Å². The van der Waals surface area contributed by atoms with E-state index in [-0.39, 0.29) is 18.1 Å². The molecular weight excluding hydrogens is 405 g/mol. The first-order valence-corrected chi connectivity index (χ1v) is 9.02. The van der Waals surface area contributed by atoms with Gasteiger partial charge in [-0.05, 0) is 39.0 Å². The molecule has 0 radical (unpaired) electrons. The fourth-order valence-electron chi connectivity index (χ4n) is 2.40. The maximum Gasteiger partial charge on any atom is 0.263 e. The molecule has 0 atom stereocenters. The normalized spacial score (nSPS) is 10.8. The van der Waals surface area contributed by atoms with E-state index in [1.165, 1.54) is 10.7 Å². The molecule has 2 heterocycles. The van der Waals surface area contributed by atoms with E-state index in [0.29, 0.717) is 38.6 Å². The predicted molar refractivity (Wildman–Crippen MR) is 107 cm³/mol. The summed E-state index contributed by atoms with van der Waals surface area (Å²) in [6, 6.07) is 6.37. The van der Waals surface area contributed by atoms with Crippen LogP contribution in [0.2, 0.25) is 10.0 Å². The Hall–Kier alpha value is -2.84. The fraction of sp³-hybridized carbons (Fsp3) is 0.222. The summed E-state index contributed by atoms with van der Waals surface area (Å²) < 4.78 is 6.78. The number of aromatic amines is 1. The molecule has 2 aromatic heterocycles. The molecule has 0 bridgehead atoms. The number of H-pyrrole nitrogens is 1. The molecule has 3 aromatic rings. The van der Waals surface area contributed by atoms with Crippen molar-refractivity contribution in [3.8, 4) is 11.7 Å². The van der Waals surface area contributed by atoms with Gasteiger partial charge in [0.05, 0.1) is 10.7 Å². The largest absolute Gasteiger partial charge is 0.482 e. The monoisotopic (exact) mass is 421 g/mol. The lowest BCUT2D eigenvalue weighted by Crippen LogP contribution is -2.23. The van der Waals surface area contributed by atoms with Crippen molar-refractivity contribution < 1.29 is 9.53 Å². The van der Waals surface area contributed by atoms with Crippen LogP contribution in [0.3, 0.4) is 0 Å². The third-order valence-corrected chi connectivity index (χ3v) is 4.47. The molecule has 0 saturated heterocycles. The molecule has 0 unspecified atom stereocenters. The van der Waals surface area contributed by atoms with Crippen LogP contribution in [0.5, 0.6) is 5.75 Å². The van der Waals surface area contributed by atoms with Crippen LogP contribution >= 0.6 is 23.2 Å². The highest BCUT2D eigenvalue weighted by atomic mass is 35.5. The molecule has 0 saturated carbocycles. The Balaban J connectivity index is 1.78. The van der Waals surface area contributed by atoms with E-state index < -0.39 is 5.91 Å². The number of hydrogen-bond acceptors (Lipinski definition) is 5. The topological polar surface area (TPSA) is 102 Å². The fourth-order valence-corrected chi connectivity index (χ4v) is 2.86. The molecule has 1 amide bonds. The molecule has 0 spiro atoms. The first-order valence-electron chi connectivity index (χ1n) is 8.27. The minimum Gasteiger partial charge on any atom is -0.482 e. The highest BCUT2D eigenvalue weighted by Crippen LogP contribution is 2.27. The van der Waals surface area contributed by atoms with Crippen LogP contribution in [-0.4, -0.2) is 32.3 Å². The van der Waals surface area contributed by atoms with Crippen LogP contribution in [0.15, 0.2) is 29.1 Å². The number of amides is 1. The van der Waals surface area contributed by atoms with Crippen molar-refractivity contribution in [3.05, 3.63) is 61.6 Å². The molecule has 28 heavy (non-hydrogen) atoms. The van der Waals surface area contributed by atoms with Gasteiger partial charge in [-0.1, -0.05) is 23.2 Å². The Labute approximate surface area is 170 Å². The van der Waals surface area contributed by atoms with E-state index in [2.05, 4.69) is 20.4 Å². The summed E-state index contributed by atoms with van der Waals surface area (Å²) in [5.74, 6) is 0.460. The lowest BCUT2D eigenvalue weighted by atomic mass is 10.3. The SMILES string of the molecule is Cc1cc(NC(=O)COc2ccc(Cl)cc2Cl)n(-c2nc(C)c(C)c(=O)[nH]2)n1. The highest BCUT2D eigenvalue weighted by molar-refractivity contribution is 6.35. The second-order valence-corrected chi connectivity index (χ2v) is 6.94. The first kappa shape index (κ1) is 19.9. The van der Waals surface area contributed by atoms with Gasteiger partial charge in [0.15, 0.2) is 6.61 Å². The van der Waals surface area contributed by atoms with E-state index in [9.17, 15) is 9.59 Å². The van der Waals surface area contributed by atoms with Crippen molar-refractivity contribution in [1.29, 1.82) is 0 Å². The number of hydrogen-bond donors (Lipinski definition) is 2. The first-order chi connectivity index (χ1) is 13.2. The molecule has 8 nitrogen and oxygen atoms in total. The Morgan fingerprint density at radius 3 is 2.68 bits per heavy atom. The van der Waals surface area contributed by atoms with Gasteiger partial charge in [0.1, 0.15) is 11.6 Å². The number of carbonyl (C=O) groups excluding carboxylic acids is 1. The van der Waals surface area contributed by atoms with Crippen LogP contribution in [-0.2, 0) is 4.79 Å². The predicted octanol–water partition coefficient (Wildman–Crippen LogP) is 3.21. The van der Waals surface area contributed by atoms with Crippen LogP contribution < -0.4 is 15.6 Å². The van der Waals surface area contributed by atoms with Crippen LogP contribution in [0.4, 0.5) is 5.82 Å². The van der Waals surface area contributed by atoms with E-state index in [1.807, 2.05) is 0 Å². The molecule has 10 heteroatoms. The van der Waals surface area contributed by atoms with E-state index in [4.69, 9.17) is 27.9 Å². The van der Waals surface area contributed by atoms with E-state index in [1.54, 1.807) is 39.0 Å². The maximum absolute atomic E-state index is 12.3. The number of rotatable bonds is 5. The number of nitrogens with zero attached hydrogens (tertiary/aromatic N) is 3. The Morgan fingerprint density at radius 2 is 2.00 bits per heavy atom. The highest BCUT2D eigenvalue weighted by Gasteiger charge is 2.15. The summed E-state index contributed by atoms with van der Waals surface area (Å²) >= 11 is 11.9. The summed E-state index contributed by atoms with van der Waals surface area (Å²) in [6.07, 6.45) is 0. The smallest absolute Gasteiger partial charge is 0.263 e. The van der Waals surface area contributed by atoms with Gasteiger partial charge in [-0.2, -0.15) is 9.78 Å². The summed E-state index contributed by atoms with van der Waals surface area (Å²) in [4.78, 5) is 31.3. The van der Waals surface area contributed by atoms with Crippen molar-refractivity contribution in [2.24, 2.45) is 0 Å². The van der Waals surface area contributed by atoms with Crippen molar-refractivity contribution in [2.45, 2.75) is 20.8 Å². The quantitative estimate of drug-likeness (QED) is 0.658. The van der Waals surface area contributed by atoms with Gasteiger partial charge in [0, 0.05) is 22.3 Å². The van der Waals surface area contributed by atoms with Crippen molar-refractivity contribution in [2.75, 3.05) is 11.9 Å². The van der Waals surface area contributed by atoms with Gasteiger partial charge in [-0.3, -0.25) is 14.6 Å². The number of aromatic nitrogens is 4. The zero-order chi connectivity index (χ0) is 20.4. The zero-order valence-corrected chi connectivity index (χ0v) is 16.9. The summed E-state index contributed by atoms with van der Waals surface area (Å²) in [6.45, 7) is 4.89. The average molecular weight is 422 g/mol. The van der Waals surface area contributed by atoms with Crippen molar-refractivity contribution in [1.82, 2.24) is 19.7 Å². The summed E-state index contributed by atoms with van der Waals surface area (Å²) in [5, 5.41) is 7.74. The van der Waals surface area contributed by atoms with E-state index in [0.717, 1.165) is 0 Å². The molecule has 146 valence electrons. The van der Waals surface area contributed by atoms with Gasteiger partial charge >= 0.3 is 0 Å². The minimum absolute atomic E-state index is 0.207. The molecule has 0 aliphatic rings. The number of nitrogens with one attached hydrogen (secondary N) is 2. The number of benzene rings is 1. The number of carbonyl (C=O) groups is 1. The number of aryl methyl sites for hydroxylation is 2. The third kappa shape index (κ3) is 4.35. The van der Waals surface area contributed by atoms with Crippen LogP contribution in [0.25, 0.3) is 5.95 Å². The third-order valence-electron chi connectivity index (χ3n) is 3.93.